The molecule has 2 rings (SSSR count). The lowest BCUT2D eigenvalue weighted by molar-refractivity contribution is 0.101. The zero-order valence-corrected chi connectivity index (χ0v) is 8.37. The van der Waals surface area contributed by atoms with Crippen LogP contribution in [-0.4, -0.2) is 19.3 Å². The molecule has 0 fully saturated rings. The van der Waals surface area contributed by atoms with E-state index in [1.54, 1.807) is 0 Å². The number of Topliss-reactive ketones (excluding diaryl/α,β-unsaturated/α-hetero) is 1. The number of carbonyl (C=O) groups is 1. The molecule has 80 valence electrons. The van der Waals surface area contributed by atoms with Crippen molar-refractivity contribution in [2.45, 2.75) is 6.92 Å². The van der Waals surface area contributed by atoms with E-state index in [9.17, 15) is 18.3 Å². The minimum atomic E-state index is -4.20. The Morgan fingerprint density at radius 3 is 2.47 bits per heavy atom. The molecule has 0 unspecified atom stereocenters. The molecule has 1 aromatic rings. The molecule has 7 heteroatoms. The lowest BCUT2D eigenvalue weighted by atomic mass is 10.1. The number of hydrogen-bond acceptors (Lipinski definition) is 6. The van der Waals surface area contributed by atoms with Crippen molar-refractivity contribution in [1.82, 2.24) is 0 Å². The van der Waals surface area contributed by atoms with Crippen LogP contribution in [0.1, 0.15) is 17.3 Å². The zero-order valence-electron chi connectivity index (χ0n) is 7.55. The molecule has 0 bridgehead atoms. The summed E-state index contributed by atoms with van der Waals surface area (Å²) >= 11 is 0. The molecule has 1 heterocycles. The molecule has 1 aliphatic rings. The number of hydrogen-bond donors (Lipinski definition) is 1. The van der Waals surface area contributed by atoms with Gasteiger partial charge in [-0.25, -0.2) is 0 Å². The second-order valence-electron chi connectivity index (χ2n) is 2.92. The van der Waals surface area contributed by atoms with Crippen LogP contribution >= 0.6 is 0 Å². The Kier molecular flexibility index (Phi) is 1.87. The number of aromatic hydroxyl groups is 1. The highest BCUT2D eigenvalue weighted by Crippen LogP contribution is 2.45. The van der Waals surface area contributed by atoms with Crippen LogP contribution < -0.4 is 8.37 Å². The van der Waals surface area contributed by atoms with Gasteiger partial charge >= 0.3 is 10.4 Å². The maximum atomic E-state index is 11.1. The summed E-state index contributed by atoms with van der Waals surface area (Å²) in [6.07, 6.45) is 0. The minimum absolute atomic E-state index is 0.0453. The van der Waals surface area contributed by atoms with Gasteiger partial charge in [-0.05, 0) is 19.1 Å². The first kappa shape index (κ1) is 9.78. The zero-order chi connectivity index (χ0) is 11.2. The topological polar surface area (TPSA) is 89.9 Å². The van der Waals surface area contributed by atoms with Crippen molar-refractivity contribution in [3.63, 3.8) is 0 Å². The molecule has 1 N–H and O–H groups in total. The summed E-state index contributed by atoms with van der Waals surface area (Å²) in [5.41, 5.74) is 0.0453. The van der Waals surface area contributed by atoms with Gasteiger partial charge in [0.2, 0.25) is 11.5 Å². The number of phenols is 1. The summed E-state index contributed by atoms with van der Waals surface area (Å²) in [6, 6.07) is 2.43. The summed E-state index contributed by atoms with van der Waals surface area (Å²) < 4.78 is 30.7. The number of benzene rings is 1. The molecule has 0 saturated heterocycles. The highest BCUT2D eigenvalue weighted by molar-refractivity contribution is 7.82. The van der Waals surface area contributed by atoms with E-state index in [0.717, 1.165) is 0 Å². The monoisotopic (exact) mass is 230 g/mol. The van der Waals surface area contributed by atoms with Crippen molar-refractivity contribution >= 4 is 16.2 Å². The second kappa shape index (κ2) is 2.86. The van der Waals surface area contributed by atoms with E-state index in [0.29, 0.717) is 0 Å². The summed E-state index contributed by atoms with van der Waals surface area (Å²) in [4.78, 5) is 11.1. The number of ketones is 1. The van der Waals surface area contributed by atoms with Crippen molar-refractivity contribution in [2.24, 2.45) is 0 Å². The third-order valence-electron chi connectivity index (χ3n) is 1.84. The van der Waals surface area contributed by atoms with E-state index in [1.807, 2.05) is 0 Å². The molecule has 0 aliphatic carbocycles. The molecule has 0 atom stereocenters. The molecular formula is C8H6O6S. The van der Waals surface area contributed by atoms with E-state index in [-0.39, 0.29) is 22.8 Å². The second-order valence-corrected chi connectivity index (χ2v) is 4.07. The Morgan fingerprint density at radius 2 is 1.87 bits per heavy atom. The molecule has 15 heavy (non-hydrogen) atoms. The first-order valence-corrected chi connectivity index (χ1v) is 5.25. The van der Waals surface area contributed by atoms with Crippen molar-refractivity contribution < 1.29 is 26.7 Å². The fourth-order valence-corrected chi connectivity index (χ4v) is 1.98. The maximum Gasteiger partial charge on any atom is 0.501 e. The largest absolute Gasteiger partial charge is 0.504 e. The average molecular weight is 230 g/mol. The SMILES string of the molecule is CC(=O)c1ccc(O)c2c1OS(=O)(=O)O2. The summed E-state index contributed by atoms with van der Waals surface area (Å²) in [7, 11) is -4.20. The predicted molar refractivity (Wildman–Crippen MR) is 48.3 cm³/mol. The molecule has 0 radical (unpaired) electrons. The van der Waals surface area contributed by atoms with Crippen LogP contribution in [0.15, 0.2) is 12.1 Å². The van der Waals surface area contributed by atoms with Crippen LogP contribution in [0.25, 0.3) is 0 Å². The molecule has 0 saturated carbocycles. The van der Waals surface area contributed by atoms with Crippen LogP contribution in [0.5, 0.6) is 17.2 Å². The van der Waals surface area contributed by atoms with E-state index in [2.05, 4.69) is 8.37 Å². The van der Waals surface area contributed by atoms with Gasteiger partial charge in [0.25, 0.3) is 0 Å². The minimum Gasteiger partial charge on any atom is -0.504 e. The van der Waals surface area contributed by atoms with Gasteiger partial charge in [-0.2, -0.15) is 0 Å². The highest BCUT2D eigenvalue weighted by atomic mass is 32.3. The van der Waals surface area contributed by atoms with E-state index in [1.165, 1.54) is 19.1 Å². The first-order valence-electron chi connectivity index (χ1n) is 3.91. The Labute approximate surface area is 85.4 Å². The van der Waals surface area contributed by atoms with Gasteiger partial charge in [-0.1, -0.05) is 0 Å². The van der Waals surface area contributed by atoms with Gasteiger partial charge in [-0.3, -0.25) is 4.79 Å². The van der Waals surface area contributed by atoms with Gasteiger partial charge in [0.05, 0.1) is 5.56 Å². The molecule has 1 aliphatic heterocycles. The van der Waals surface area contributed by atoms with Gasteiger partial charge in [0.15, 0.2) is 11.5 Å². The normalized spacial score (nSPS) is 16.3. The fourth-order valence-electron chi connectivity index (χ4n) is 1.21. The van der Waals surface area contributed by atoms with Crippen molar-refractivity contribution in [1.29, 1.82) is 0 Å². The van der Waals surface area contributed by atoms with Crippen LogP contribution in [0.4, 0.5) is 0 Å². The highest BCUT2D eigenvalue weighted by Gasteiger charge is 2.34. The van der Waals surface area contributed by atoms with Crippen molar-refractivity contribution in [2.75, 3.05) is 0 Å². The maximum absolute atomic E-state index is 11.1. The van der Waals surface area contributed by atoms with Gasteiger partial charge in [-0.15, -0.1) is 8.42 Å². The standard InChI is InChI=1S/C8H6O6S/c1-4(9)5-2-3-6(10)8-7(5)13-15(11,12)14-8/h2-3,10H,1H3. The quantitative estimate of drug-likeness (QED) is 0.711. The molecule has 6 nitrogen and oxygen atoms in total. The lowest BCUT2D eigenvalue weighted by Crippen LogP contribution is -2.08. The van der Waals surface area contributed by atoms with Gasteiger partial charge < -0.3 is 13.5 Å². The van der Waals surface area contributed by atoms with E-state index < -0.39 is 16.1 Å². The fraction of sp³-hybridized carbons (Fsp3) is 0.125. The van der Waals surface area contributed by atoms with Gasteiger partial charge in [0, 0.05) is 0 Å². The third-order valence-corrected chi connectivity index (χ3v) is 2.58. The number of phenolic OH excluding ortho intramolecular Hbond substituents is 1. The summed E-state index contributed by atoms with van der Waals surface area (Å²) in [5, 5.41) is 9.29. The van der Waals surface area contributed by atoms with Crippen molar-refractivity contribution in [3.8, 4) is 17.2 Å². The number of rotatable bonds is 1. The van der Waals surface area contributed by atoms with Gasteiger partial charge in [0.1, 0.15) is 0 Å². The predicted octanol–water partition coefficient (Wildman–Crippen LogP) is 0.611. The molecule has 0 amide bonds. The smallest absolute Gasteiger partial charge is 0.501 e. The Balaban J connectivity index is 2.70. The Bertz CT molecular complexity index is 544. The Hall–Kier alpha value is -1.76. The molecule has 0 spiro atoms. The van der Waals surface area contributed by atoms with Crippen LogP contribution in [0.2, 0.25) is 0 Å². The van der Waals surface area contributed by atoms with Crippen LogP contribution in [0, 0.1) is 0 Å². The van der Waals surface area contributed by atoms with E-state index in [4.69, 9.17) is 0 Å². The Morgan fingerprint density at radius 1 is 1.27 bits per heavy atom. The van der Waals surface area contributed by atoms with E-state index >= 15 is 0 Å². The molecule has 0 aromatic heterocycles. The summed E-state index contributed by atoms with van der Waals surface area (Å²) in [6.45, 7) is 1.25. The molecule has 1 aromatic carbocycles. The first-order chi connectivity index (χ1) is 6.91. The third kappa shape index (κ3) is 1.50. The average Bonchev–Trinajstić information content (AvgIpc) is 2.41. The molecular weight excluding hydrogens is 224 g/mol. The number of fused-ring (bicyclic) bond motifs is 1. The van der Waals surface area contributed by atoms with Crippen LogP contribution in [0.3, 0.4) is 0 Å². The summed E-state index contributed by atoms with van der Waals surface area (Å²) in [5.74, 6) is -1.38. The lowest BCUT2D eigenvalue weighted by Gasteiger charge is -2.00. The van der Waals surface area contributed by atoms with Crippen LogP contribution in [-0.2, 0) is 10.4 Å². The van der Waals surface area contributed by atoms with Crippen molar-refractivity contribution in [3.05, 3.63) is 17.7 Å². The number of carbonyl (C=O) groups excluding carboxylic acids is 1.